The number of aromatic nitrogens is 8. The number of nitrogens with zero attached hydrogens (tertiary/aromatic N) is 10. The molecule has 1 aromatic carbocycles. The molecule has 0 spiro atoms. The molecule has 1 aliphatic heterocycles. The summed E-state index contributed by atoms with van der Waals surface area (Å²) < 4.78 is 4.76. The number of para-hydroxylation sites is 1. The van der Waals surface area contributed by atoms with E-state index in [-0.39, 0.29) is 17.2 Å². The Morgan fingerprint density at radius 3 is 2.57 bits per heavy atom. The summed E-state index contributed by atoms with van der Waals surface area (Å²) in [6, 6.07) is 9.38. The summed E-state index contributed by atoms with van der Waals surface area (Å²) in [5.74, 6) is 0.979. The van der Waals surface area contributed by atoms with Crippen molar-refractivity contribution in [3.05, 3.63) is 65.0 Å². The fraction of sp³-hybridized carbons (Fsp3) is 0.318. The van der Waals surface area contributed by atoms with Gasteiger partial charge in [0.05, 0.1) is 23.3 Å². The molecule has 1 saturated heterocycles. The van der Waals surface area contributed by atoms with Crippen LogP contribution in [0.2, 0.25) is 0 Å². The third kappa shape index (κ3) is 4.41. The van der Waals surface area contributed by atoms with Gasteiger partial charge in [0.2, 0.25) is 11.1 Å². The molecule has 0 atom stereocenters. The van der Waals surface area contributed by atoms with Gasteiger partial charge in [0, 0.05) is 45.6 Å². The third-order valence-electron chi connectivity index (χ3n) is 6.01. The molecule has 180 valence electrons. The molecule has 35 heavy (non-hydrogen) atoms. The van der Waals surface area contributed by atoms with Crippen molar-refractivity contribution in [1.82, 2.24) is 44.4 Å². The molecule has 1 amide bonds. The van der Waals surface area contributed by atoms with Gasteiger partial charge in [-0.1, -0.05) is 30.0 Å². The van der Waals surface area contributed by atoms with Crippen LogP contribution in [0.5, 0.6) is 0 Å². The molecule has 0 bridgehead atoms. The lowest BCUT2D eigenvalue weighted by Gasteiger charge is -2.35. The van der Waals surface area contributed by atoms with Gasteiger partial charge in [-0.25, -0.2) is 9.67 Å². The zero-order chi connectivity index (χ0) is 24.4. The van der Waals surface area contributed by atoms with Gasteiger partial charge in [-0.15, -0.1) is 5.10 Å². The van der Waals surface area contributed by atoms with Crippen LogP contribution in [0.3, 0.4) is 0 Å². The monoisotopic (exact) mass is 492 g/mol. The summed E-state index contributed by atoms with van der Waals surface area (Å²) in [6.45, 7) is 4.42. The van der Waals surface area contributed by atoms with Gasteiger partial charge in [0.1, 0.15) is 5.82 Å². The van der Waals surface area contributed by atoms with Crippen molar-refractivity contribution in [1.29, 1.82) is 0 Å². The molecule has 1 fully saturated rings. The predicted octanol–water partition coefficient (Wildman–Crippen LogP) is 0.691. The van der Waals surface area contributed by atoms with Gasteiger partial charge in [0.25, 0.3) is 5.56 Å². The van der Waals surface area contributed by atoms with Gasteiger partial charge >= 0.3 is 0 Å². The van der Waals surface area contributed by atoms with Crippen molar-refractivity contribution < 1.29 is 4.79 Å². The topological polar surface area (TPSA) is 120 Å². The van der Waals surface area contributed by atoms with Crippen molar-refractivity contribution in [2.75, 3.05) is 36.8 Å². The molecule has 5 rings (SSSR count). The molecule has 13 heteroatoms. The molecule has 0 N–H and O–H groups in total. The number of tetrazole rings is 1. The minimum Gasteiger partial charge on any atom is -0.352 e. The van der Waals surface area contributed by atoms with E-state index in [1.165, 1.54) is 16.4 Å². The molecular formula is C22H24N10O2S. The number of hydrogen-bond donors (Lipinski definition) is 0. The molecular weight excluding hydrogens is 468 g/mol. The van der Waals surface area contributed by atoms with E-state index in [4.69, 9.17) is 0 Å². The smallest absolute Gasteiger partial charge is 0.297 e. The third-order valence-corrected chi connectivity index (χ3v) is 6.91. The summed E-state index contributed by atoms with van der Waals surface area (Å²) in [7, 11) is 1.81. The van der Waals surface area contributed by atoms with Crippen LogP contribution in [0.15, 0.2) is 58.9 Å². The number of carbonyl (C=O) groups is 1. The molecule has 12 nitrogen and oxygen atoms in total. The van der Waals surface area contributed by atoms with E-state index < -0.39 is 0 Å². The first-order valence-electron chi connectivity index (χ1n) is 11.1. The van der Waals surface area contributed by atoms with Gasteiger partial charge in [-0.05, 0) is 29.5 Å². The maximum Gasteiger partial charge on any atom is 0.297 e. The Kier molecular flexibility index (Phi) is 6.31. The van der Waals surface area contributed by atoms with Gasteiger partial charge in [-0.2, -0.15) is 4.68 Å². The minimum atomic E-state index is -0.239. The minimum absolute atomic E-state index is 0.00479. The molecule has 4 aromatic rings. The Hall–Kier alpha value is -4.00. The Bertz CT molecular complexity index is 1370. The number of rotatable bonds is 6. The standard InChI is InChI=1S/C22H24N10O2S/c1-16-20(21(34)32(28(16)2)17-6-4-3-5-7-17)31-22(25-26-27-31)35-15-19(33)30-12-10-29(11-13-30)18-14-23-8-9-24-18/h3-9,14H,10-13,15H2,1-2H3. The molecule has 4 heterocycles. The number of benzene rings is 1. The second-order valence-corrected chi connectivity index (χ2v) is 8.95. The second-order valence-electron chi connectivity index (χ2n) is 8.00. The molecule has 0 radical (unpaired) electrons. The first kappa shape index (κ1) is 22.8. The van der Waals surface area contributed by atoms with E-state index >= 15 is 0 Å². The Morgan fingerprint density at radius 2 is 1.86 bits per heavy atom. The van der Waals surface area contributed by atoms with Crippen molar-refractivity contribution in [2.24, 2.45) is 7.05 Å². The maximum atomic E-state index is 13.3. The highest BCUT2D eigenvalue weighted by atomic mass is 32.2. The molecule has 3 aromatic heterocycles. The highest BCUT2D eigenvalue weighted by Crippen LogP contribution is 2.21. The van der Waals surface area contributed by atoms with Crippen molar-refractivity contribution in [3.63, 3.8) is 0 Å². The molecule has 0 aliphatic carbocycles. The maximum absolute atomic E-state index is 13.3. The van der Waals surface area contributed by atoms with E-state index in [1.807, 2.05) is 49.2 Å². The van der Waals surface area contributed by atoms with E-state index in [9.17, 15) is 9.59 Å². The van der Waals surface area contributed by atoms with Gasteiger partial charge < -0.3 is 9.80 Å². The Morgan fingerprint density at radius 1 is 1.09 bits per heavy atom. The molecule has 0 saturated carbocycles. The summed E-state index contributed by atoms with van der Waals surface area (Å²) in [5.41, 5.74) is 1.57. The fourth-order valence-corrected chi connectivity index (χ4v) is 4.84. The zero-order valence-corrected chi connectivity index (χ0v) is 20.2. The van der Waals surface area contributed by atoms with Crippen LogP contribution in [0, 0.1) is 6.92 Å². The summed E-state index contributed by atoms with van der Waals surface area (Å²) in [6.07, 6.45) is 5.03. The lowest BCUT2D eigenvalue weighted by atomic mass is 10.3. The van der Waals surface area contributed by atoms with Crippen molar-refractivity contribution >= 4 is 23.5 Å². The van der Waals surface area contributed by atoms with E-state index in [2.05, 4.69) is 30.4 Å². The average Bonchev–Trinajstić information content (AvgIpc) is 3.44. The highest BCUT2D eigenvalue weighted by molar-refractivity contribution is 7.99. The molecule has 1 aliphatic rings. The van der Waals surface area contributed by atoms with E-state index in [0.29, 0.717) is 42.7 Å². The second kappa shape index (κ2) is 9.70. The van der Waals surface area contributed by atoms with Crippen LogP contribution in [0.25, 0.3) is 11.4 Å². The Balaban J connectivity index is 1.28. The summed E-state index contributed by atoms with van der Waals surface area (Å²) in [5, 5.41) is 12.3. The highest BCUT2D eigenvalue weighted by Gasteiger charge is 2.25. The predicted molar refractivity (Wildman–Crippen MR) is 130 cm³/mol. The molecule has 0 unspecified atom stereocenters. The number of thioether (sulfide) groups is 1. The first-order chi connectivity index (χ1) is 17.0. The van der Waals surface area contributed by atoms with Gasteiger partial charge in [-0.3, -0.25) is 19.3 Å². The quantitative estimate of drug-likeness (QED) is 0.358. The zero-order valence-electron chi connectivity index (χ0n) is 19.4. The number of carbonyl (C=O) groups excluding carboxylic acids is 1. The SMILES string of the molecule is Cc1c(-n2nnnc2SCC(=O)N2CCN(c3cnccn3)CC2)c(=O)n(-c2ccccc2)n1C. The van der Waals surface area contributed by atoms with E-state index in [0.717, 1.165) is 11.5 Å². The summed E-state index contributed by atoms with van der Waals surface area (Å²) in [4.78, 5) is 38.6. The van der Waals surface area contributed by atoms with Crippen molar-refractivity contribution in [3.8, 4) is 11.4 Å². The normalized spacial score (nSPS) is 13.9. The lowest BCUT2D eigenvalue weighted by molar-refractivity contribution is -0.128. The number of anilines is 1. The number of amides is 1. The fourth-order valence-electron chi connectivity index (χ4n) is 4.06. The van der Waals surface area contributed by atoms with Crippen LogP contribution >= 0.6 is 11.8 Å². The van der Waals surface area contributed by atoms with Gasteiger partial charge in [0.15, 0.2) is 5.69 Å². The lowest BCUT2D eigenvalue weighted by Crippen LogP contribution is -2.49. The largest absolute Gasteiger partial charge is 0.352 e. The number of hydrogen-bond acceptors (Lipinski definition) is 9. The van der Waals surface area contributed by atoms with Crippen LogP contribution in [-0.2, 0) is 11.8 Å². The van der Waals surface area contributed by atoms with Crippen molar-refractivity contribution in [2.45, 2.75) is 12.1 Å². The summed E-state index contributed by atoms with van der Waals surface area (Å²) >= 11 is 1.22. The number of piperazine rings is 1. The van der Waals surface area contributed by atoms with Crippen LogP contribution in [-0.4, -0.2) is 82.3 Å². The Labute approximate surface area is 205 Å². The van der Waals surface area contributed by atoms with Crippen LogP contribution < -0.4 is 10.5 Å². The van der Waals surface area contributed by atoms with E-state index in [1.54, 1.807) is 28.0 Å². The first-order valence-corrected chi connectivity index (χ1v) is 12.1. The van der Waals surface area contributed by atoms with Crippen LogP contribution in [0.1, 0.15) is 5.69 Å². The average molecular weight is 493 g/mol. The van der Waals surface area contributed by atoms with Crippen LogP contribution in [0.4, 0.5) is 5.82 Å².